The van der Waals surface area contributed by atoms with Crippen molar-refractivity contribution in [1.82, 2.24) is 25.2 Å². The standard InChI is InChI=1S/C42H48ClN5O10S/c1-41(2,3)58-40(52)44-29-13-9-7-5-6-8-11-23-21-42(23,39(51)47-59(53,54)26-16-17-26)46-37(49)30-20-25(22-48(30)38(29)50)56-35-27-12-10-14-32(55-4)33(27)45-34-28-19-24(43)15-18-31(28)57-36(34)35/h8,10-12,14-15,18-19,23,25-26,29-30H,5-7,9,13,16-17,20-22H2,1-4H3,(H,44,52)(H,46,49)(H,47,51)/t23-,25-,29+,30+,42-/m1/s1. The molecule has 15 nitrogen and oxygen atoms in total. The molecule has 2 aliphatic carbocycles. The molecule has 17 heteroatoms. The number of para-hydroxylation sites is 1. The molecule has 2 aromatic carbocycles. The Morgan fingerprint density at radius 2 is 1.85 bits per heavy atom. The molecule has 5 atom stereocenters. The number of allylic oxidation sites excluding steroid dienone is 1. The van der Waals surface area contributed by atoms with Crippen LogP contribution in [0.2, 0.25) is 5.02 Å². The average molecular weight is 850 g/mol. The van der Waals surface area contributed by atoms with Gasteiger partial charge in [0.15, 0.2) is 11.3 Å². The maximum atomic E-state index is 14.7. The van der Waals surface area contributed by atoms with Gasteiger partial charge >= 0.3 is 6.09 Å². The maximum absolute atomic E-state index is 14.7. The summed E-state index contributed by atoms with van der Waals surface area (Å²) in [5.74, 6) is -1.66. The van der Waals surface area contributed by atoms with Crippen molar-refractivity contribution in [3.05, 3.63) is 53.6 Å². The SMILES string of the molecule is COc1cccc2c(O[C@@H]3C[C@H]4C(=O)N[C@]5(C(=O)NS(=O)(=O)C6CC6)C[C@H]5C=CCCCCC[C@H](NC(=O)OC(C)(C)C)C(=O)N4C3)c3oc4ccc(Cl)cc4c3nc12. The number of ether oxygens (including phenoxy) is 3. The summed E-state index contributed by atoms with van der Waals surface area (Å²) in [5.41, 5.74) is -0.573. The zero-order valence-electron chi connectivity index (χ0n) is 33.3. The monoisotopic (exact) mass is 849 g/mol. The van der Waals surface area contributed by atoms with Crippen molar-refractivity contribution in [2.45, 2.75) is 113 Å². The Balaban J connectivity index is 1.17. The van der Waals surface area contributed by atoms with Crippen LogP contribution < -0.4 is 24.8 Å². The van der Waals surface area contributed by atoms with Crippen molar-refractivity contribution in [1.29, 1.82) is 0 Å². The highest BCUT2D eigenvalue weighted by molar-refractivity contribution is 7.91. The van der Waals surface area contributed by atoms with Gasteiger partial charge in [-0.25, -0.2) is 18.2 Å². The molecular formula is C42H48ClN5O10S. The van der Waals surface area contributed by atoms with E-state index in [2.05, 4.69) is 15.4 Å². The maximum Gasteiger partial charge on any atom is 0.408 e. The Morgan fingerprint density at radius 3 is 2.59 bits per heavy atom. The number of hydrogen-bond acceptors (Lipinski definition) is 11. The highest BCUT2D eigenvalue weighted by Gasteiger charge is 2.62. The molecule has 8 rings (SSSR count). The molecule has 0 bridgehead atoms. The fraction of sp³-hybridized carbons (Fsp3) is 0.500. The number of pyridine rings is 1. The van der Waals surface area contributed by atoms with Crippen LogP contribution in [-0.2, 0) is 29.1 Å². The highest BCUT2D eigenvalue weighted by atomic mass is 35.5. The minimum absolute atomic E-state index is 0.0172. The molecule has 2 aromatic heterocycles. The van der Waals surface area contributed by atoms with Gasteiger partial charge in [0, 0.05) is 22.7 Å². The lowest BCUT2D eigenvalue weighted by Crippen LogP contribution is -2.58. The first kappa shape index (κ1) is 40.7. The van der Waals surface area contributed by atoms with Crippen molar-refractivity contribution < 1.29 is 46.2 Å². The zero-order chi connectivity index (χ0) is 41.9. The normalized spacial score (nSPS) is 25.4. The van der Waals surface area contributed by atoms with Gasteiger partial charge in [-0.2, -0.15) is 0 Å². The Hall–Kier alpha value is -5.09. The summed E-state index contributed by atoms with van der Waals surface area (Å²) in [6.07, 6.45) is 6.36. The van der Waals surface area contributed by atoms with E-state index in [1.54, 1.807) is 51.1 Å². The predicted octanol–water partition coefficient (Wildman–Crippen LogP) is 6.04. The van der Waals surface area contributed by atoms with Gasteiger partial charge in [0.2, 0.25) is 21.8 Å². The molecule has 3 N–H and O–H groups in total. The first-order valence-electron chi connectivity index (χ1n) is 20.1. The Morgan fingerprint density at radius 1 is 1.05 bits per heavy atom. The van der Waals surface area contributed by atoms with Crippen LogP contribution in [0.4, 0.5) is 4.79 Å². The summed E-state index contributed by atoms with van der Waals surface area (Å²) < 4.78 is 52.5. The van der Waals surface area contributed by atoms with Gasteiger partial charge in [-0.3, -0.25) is 19.1 Å². The van der Waals surface area contributed by atoms with E-state index in [-0.39, 0.29) is 25.8 Å². The van der Waals surface area contributed by atoms with E-state index in [1.165, 1.54) is 12.0 Å². The molecule has 0 spiro atoms. The number of amides is 4. The fourth-order valence-electron chi connectivity index (χ4n) is 8.12. The van der Waals surface area contributed by atoms with Gasteiger partial charge in [-0.05, 0) is 89.6 Å². The molecule has 4 amide bonds. The first-order chi connectivity index (χ1) is 28.1. The van der Waals surface area contributed by atoms with Gasteiger partial charge < -0.3 is 34.2 Å². The van der Waals surface area contributed by atoms with Crippen LogP contribution in [0, 0.1) is 5.92 Å². The number of hydrogen-bond donors (Lipinski definition) is 3. The number of rotatable bonds is 7. The molecule has 2 saturated carbocycles. The molecule has 1 saturated heterocycles. The van der Waals surface area contributed by atoms with Gasteiger partial charge in [-0.1, -0.05) is 42.7 Å². The second-order valence-electron chi connectivity index (χ2n) is 16.9. The number of carbonyl (C=O) groups excluding carboxylic acids is 4. The lowest BCUT2D eigenvalue weighted by atomic mass is 10.0. The number of carbonyl (C=O) groups is 4. The molecule has 314 valence electrons. The third kappa shape index (κ3) is 8.25. The average Bonchev–Trinajstić information content (AvgIpc) is 4.08. The van der Waals surface area contributed by atoms with E-state index in [0.29, 0.717) is 75.2 Å². The molecule has 4 heterocycles. The fourth-order valence-corrected chi connectivity index (χ4v) is 9.66. The van der Waals surface area contributed by atoms with Crippen LogP contribution in [0.1, 0.15) is 78.6 Å². The smallest absolute Gasteiger partial charge is 0.408 e. The van der Waals surface area contributed by atoms with Crippen molar-refractivity contribution in [2.75, 3.05) is 13.7 Å². The van der Waals surface area contributed by atoms with E-state index >= 15 is 0 Å². The third-order valence-corrected chi connectivity index (χ3v) is 13.4. The number of methoxy groups -OCH3 is 1. The van der Waals surface area contributed by atoms with Crippen LogP contribution in [0.5, 0.6) is 11.5 Å². The molecule has 4 aliphatic rings. The highest BCUT2D eigenvalue weighted by Crippen LogP contribution is 2.47. The lowest BCUT2D eigenvalue weighted by Gasteiger charge is -2.30. The molecule has 2 aliphatic heterocycles. The number of nitrogens with zero attached hydrogens (tertiary/aromatic N) is 2. The number of aromatic nitrogens is 1. The summed E-state index contributed by atoms with van der Waals surface area (Å²) >= 11 is 6.40. The van der Waals surface area contributed by atoms with Crippen molar-refractivity contribution in [2.24, 2.45) is 5.92 Å². The van der Waals surface area contributed by atoms with Gasteiger partial charge in [0.05, 0.1) is 24.3 Å². The predicted molar refractivity (Wildman–Crippen MR) is 220 cm³/mol. The number of halogens is 1. The topological polar surface area (TPSA) is 195 Å². The van der Waals surface area contributed by atoms with E-state index in [0.717, 1.165) is 12.8 Å². The number of sulfonamides is 1. The third-order valence-electron chi connectivity index (χ3n) is 11.3. The van der Waals surface area contributed by atoms with Crippen molar-refractivity contribution in [3.8, 4) is 11.5 Å². The van der Waals surface area contributed by atoms with Crippen LogP contribution in [0.3, 0.4) is 0 Å². The number of nitrogens with one attached hydrogen (secondary N) is 3. The second kappa shape index (κ2) is 15.5. The quantitative estimate of drug-likeness (QED) is 0.184. The van der Waals surface area contributed by atoms with Crippen LogP contribution in [0.15, 0.2) is 53.0 Å². The minimum Gasteiger partial charge on any atom is -0.494 e. The first-order valence-corrected chi connectivity index (χ1v) is 22.0. The lowest BCUT2D eigenvalue weighted by molar-refractivity contribution is -0.141. The Kier molecular flexibility index (Phi) is 10.7. The molecular weight excluding hydrogens is 802 g/mol. The molecule has 0 unspecified atom stereocenters. The summed E-state index contributed by atoms with van der Waals surface area (Å²) in [4.78, 5) is 62.6. The van der Waals surface area contributed by atoms with Crippen LogP contribution >= 0.6 is 11.6 Å². The van der Waals surface area contributed by atoms with E-state index in [9.17, 15) is 27.6 Å². The number of benzene rings is 2. The molecule has 59 heavy (non-hydrogen) atoms. The van der Waals surface area contributed by atoms with Gasteiger partial charge in [-0.15, -0.1) is 0 Å². The van der Waals surface area contributed by atoms with Crippen molar-refractivity contribution in [3.63, 3.8) is 0 Å². The Labute approximate surface area is 346 Å². The van der Waals surface area contributed by atoms with Gasteiger partial charge in [0.25, 0.3) is 5.91 Å². The van der Waals surface area contributed by atoms with Crippen molar-refractivity contribution >= 4 is 78.4 Å². The molecule has 4 aromatic rings. The van der Waals surface area contributed by atoms with Crippen LogP contribution in [0.25, 0.3) is 33.0 Å². The van der Waals surface area contributed by atoms with Gasteiger partial charge in [0.1, 0.15) is 51.7 Å². The number of furan rings is 1. The summed E-state index contributed by atoms with van der Waals surface area (Å²) in [6, 6.07) is 8.33. The van der Waals surface area contributed by atoms with E-state index < -0.39 is 74.3 Å². The largest absolute Gasteiger partial charge is 0.494 e. The zero-order valence-corrected chi connectivity index (χ0v) is 34.9. The number of fused-ring (bicyclic) bond motifs is 6. The minimum atomic E-state index is -3.93. The summed E-state index contributed by atoms with van der Waals surface area (Å²) in [5, 5.41) is 6.69. The summed E-state index contributed by atoms with van der Waals surface area (Å²) in [6.45, 7) is 5.09. The molecule has 3 fully saturated rings. The Bertz CT molecular complexity index is 2500. The van der Waals surface area contributed by atoms with E-state index in [1.807, 2.05) is 18.2 Å². The van der Waals surface area contributed by atoms with E-state index in [4.69, 9.17) is 35.2 Å². The van der Waals surface area contributed by atoms with Crippen LogP contribution in [-0.4, -0.2) is 90.3 Å². The second-order valence-corrected chi connectivity index (χ2v) is 19.3. The summed E-state index contributed by atoms with van der Waals surface area (Å²) in [7, 11) is -2.39. The number of alkyl carbamates (subject to hydrolysis) is 1. The molecule has 0 radical (unpaired) electrons.